The molecule has 0 saturated heterocycles. The molecule has 70 valence electrons. The van der Waals surface area contributed by atoms with Crippen molar-refractivity contribution in [2.75, 3.05) is 7.11 Å². The van der Waals surface area contributed by atoms with Gasteiger partial charge in [-0.25, -0.2) is 0 Å². The van der Waals surface area contributed by atoms with E-state index in [9.17, 15) is 9.90 Å². The molecule has 1 aliphatic carbocycles. The summed E-state index contributed by atoms with van der Waals surface area (Å²) in [7, 11) is 1.40. The Labute approximate surface area is 72.7 Å². The van der Waals surface area contributed by atoms with E-state index in [0.29, 0.717) is 12.3 Å². The largest absolute Gasteiger partial charge is 0.469 e. The quantitative estimate of drug-likeness (QED) is 0.599. The predicted octanol–water partition coefficient (Wildman–Crippen LogP) is 0.956. The third-order valence-electron chi connectivity index (χ3n) is 2.67. The van der Waals surface area contributed by atoms with Crippen LogP contribution in [0.2, 0.25) is 0 Å². The molecular weight excluding hydrogens is 156 g/mol. The highest BCUT2D eigenvalue weighted by molar-refractivity contribution is 5.72. The SMILES string of the molecule is COC(=O)[C@H]1C[C@H](O)CCC1C. The summed E-state index contributed by atoms with van der Waals surface area (Å²) in [5.41, 5.74) is 0. The Morgan fingerprint density at radius 1 is 1.50 bits per heavy atom. The molecule has 0 bridgehead atoms. The van der Waals surface area contributed by atoms with Gasteiger partial charge < -0.3 is 9.84 Å². The van der Waals surface area contributed by atoms with E-state index in [1.165, 1.54) is 7.11 Å². The van der Waals surface area contributed by atoms with Gasteiger partial charge in [0.2, 0.25) is 0 Å². The van der Waals surface area contributed by atoms with Crippen LogP contribution in [-0.2, 0) is 9.53 Å². The van der Waals surface area contributed by atoms with Crippen LogP contribution < -0.4 is 0 Å². The number of hydrogen-bond donors (Lipinski definition) is 1. The van der Waals surface area contributed by atoms with Gasteiger partial charge in [0.1, 0.15) is 0 Å². The average Bonchev–Trinajstić information content (AvgIpc) is 2.08. The number of carbonyl (C=O) groups excluding carboxylic acids is 1. The third kappa shape index (κ3) is 1.97. The fourth-order valence-electron chi connectivity index (χ4n) is 1.78. The highest BCUT2D eigenvalue weighted by Crippen LogP contribution is 2.30. The van der Waals surface area contributed by atoms with Crippen LogP contribution >= 0.6 is 0 Å². The molecule has 1 N–H and O–H groups in total. The molecule has 0 spiro atoms. The van der Waals surface area contributed by atoms with Crippen molar-refractivity contribution in [3.05, 3.63) is 0 Å². The summed E-state index contributed by atoms with van der Waals surface area (Å²) in [5, 5.41) is 9.33. The molecule has 0 amide bonds. The van der Waals surface area contributed by atoms with Gasteiger partial charge >= 0.3 is 5.97 Å². The predicted molar refractivity (Wildman–Crippen MR) is 44.5 cm³/mol. The standard InChI is InChI=1S/C9H16O3/c1-6-3-4-7(10)5-8(6)9(11)12-2/h6-8,10H,3-5H2,1-2H3/t6?,7-,8+/m1/s1. The van der Waals surface area contributed by atoms with Gasteiger partial charge in [-0.2, -0.15) is 0 Å². The summed E-state index contributed by atoms with van der Waals surface area (Å²) in [6.45, 7) is 2.04. The van der Waals surface area contributed by atoms with E-state index in [2.05, 4.69) is 4.74 Å². The maximum absolute atomic E-state index is 11.2. The third-order valence-corrected chi connectivity index (χ3v) is 2.67. The van der Waals surface area contributed by atoms with Crippen molar-refractivity contribution < 1.29 is 14.6 Å². The van der Waals surface area contributed by atoms with Gasteiger partial charge in [-0.1, -0.05) is 6.92 Å². The van der Waals surface area contributed by atoms with E-state index in [1.54, 1.807) is 0 Å². The van der Waals surface area contributed by atoms with Crippen LogP contribution in [0.4, 0.5) is 0 Å². The van der Waals surface area contributed by atoms with Gasteiger partial charge in [-0.3, -0.25) is 4.79 Å². The first kappa shape index (κ1) is 9.52. The maximum Gasteiger partial charge on any atom is 0.309 e. The molecule has 1 rings (SSSR count). The summed E-state index contributed by atoms with van der Waals surface area (Å²) in [4.78, 5) is 11.2. The van der Waals surface area contributed by atoms with Crippen molar-refractivity contribution in [1.29, 1.82) is 0 Å². The first-order chi connectivity index (χ1) is 5.65. The fraction of sp³-hybridized carbons (Fsp3) is 0.889. The minimum absolute atomic E-state index is 0.0984. The molecular formula is C9H16O3. The van der Waals surface area contributed by atoms with Gasteiger partial charge in [0.05, 0.1) is 19.1 Å². The van der Waals surface area contributed by atoms with E-state index in [4.69, 9.17) is 0 Å². The summed E-state index contributed by atoms with van der Waals surface area (Å²) in [5.74, 6) is 0.0702. The molecule has 1 fully saturated rings. The van der Waals surface area contributed by atoms with Crippen LogP contribution in [0.15, 0.2) is 0 Å². The number of aliphatic hydroxyl groups is 1. The Kier molecular flexibility index (Phi) is 3.09. The highest BCUT2D eigenvalue weighted by atomic mass is 16.5. The second-order valence-electron chi connectivity index (χ2n) is 3.57. The fourth-order valence-corrected chi connectivity index (χ4v) is 1.78. The van der Waals surface area contributed by atoms with E-state index in [1.807, 2.05) is 6.92 Å². The van der Waals surface area contributed by atoms with E-state index >= 15 is 0 Å². The van der Waals surface area contributed by atoms with Crippen LogP contribution in [0.3, 0.4) is 0 Å². The Morgan fingerprint density at radius 3 is 2.75 bits per heavy atom. The Balaban J connectivity index is 2.54. The molecule has 1 unspecified atom stereocenters. The van der Waals surface area contributed by atoms with Crippen LogP contribution in [0.5, 0.6) is 0 Å². The molecule has 3 nitrogen and oxygen atoms in total. The van der Waals surface area contributed by atoms with Crippen molar-refractivity contribution in [3.8, 4) is 0 Å². The van der Waals surface area contributed by atoms with E-state index < -0.39 is 0 Å². The summed E-state index contributed by atoms with van der Waals surface area (Å²) in [6, 6.07) is 0. The van der Waals surface area contributed by atoms with E-state index in [0.717, 1.165) is 12.8 Å². The topological polar surface area (TPSA) is 46.5 Å². The zero-order valence-electron chi connectivity index (χ0n) is 7.62. The summed E-state index contributed by atoms with van der Waals surface area (Å²) < 4.78 is 4.66. The van der Waals surface area contributed by atoms with Gasteiger partial charge in [0.25, 0.3) is 0 Å². The lowest BCUT2D eigenvalue weighted by atomic mass is 9.79. The van der Waals surface area contributed by atoms with Crippen LogP contribution in [-0.4, -0.2) is 24.3 Å². The molecule has 12 heavy (non-hydrogen) atoms. The number of esters is 1. The zero-order valence-corrected chi connectivity index (χ0v) is 7.62. The zero-order chi connectivity index (χ0) is 9.14. The van der Waals surface area contributed by atoms with Crippen molar-refractivity contribution in [2.45, 2.75) is 32.3 Å². The van der Waals surface area contributed by atoms with Crippen LogP contribution in [0.1, 0.15) is 26.2 Å². The molecule has 3 atom stereocenters. The number of hydrogen-bond acceptors (Lipinski definition) is 3. The Hall–Kier alpha value is -0.570. The van der Waals surface area contributed by atoms with Gasteiger partial charge in [0.15, 0.2) is 0 Å². The minimum Gasteiger partial charge on any atom is -0.469 e. The molecule has 1 saturated carbocycles. The number of carbonyl (C=O) groups is 1. The average molecular weight is 172 g/mol. The monoisotopic (exact) mass is 172 g/mol. The molecule has 1 aliphatic rings. The van der Waals surface area contributed by atoms with Gasteiger partial charge in [0, 0.05) is 0 Å². The number of methoxy groups -OCH3 is 1. The first-order valence-electron chi connectivity index (χ1n) is 4.41. The van der Waals surface area contributed by atoms with Crippen molar-refractivity contribution in [2.24, 2.45) is 11.8 Å². The van der Waals surface area contributed by atoms with Crippen molar-refractivity contribution in [3.63, 3.8) is 0 Å². The van der Waals surface area contributed by atoms with Crippen LogP contribution in [0, 0.1) is 11.8 Å². The Bertz CT molecular complexity index is 167. The molecule has 0 aromatic rings. The Morgan fingerprint density at radius 2 is 2.17 bits per heavy atom. The summed E-state index contributed by atoms with van der Waals surface area (Å²) >= 11 is 0. The second-order valence-corrected chi connectivity index (χ2v) is 3.57. The number of rotatable bonds is 1. The molecule has 0 heterocycles. The lowest BCUT2D eigenvalue weighted by molar-refractivity contribution is -0.150. The first-order valence-corrected chi connectivity index (χ1v) is 4.41. The second kappa shape index (κ2) is 3.90. The van der Waals surface area contributed by atoms with Gasteiger partial charge in [-0.15, -0.1) is 0 Å². The molecule has 0 aromatic heterocycles. The minimum atomic E-state index is -0.315. The summed E-state index contributed by atoms with van der Waals surface area (Å²) in [6.07, 6.45) is 1.98. The highest BCUT2D eigenvalue weighted by Gasteiger charge is 2.32. The smallest absolute Gasteiger partial charge is 0.309 e. The lowest BCUT2D eigenvalue weighted by Crippen LogP contribution is -2.32. The van der Waals surface area contributed by atoms with E-state index in [-0.39, 0.29) is 18.0 Å². The molecule has 3 heteroatoms. The number of aliphatic hydroxyl groups excluding tert-OH is 1. The maximum atomic E-state index is 11.2. The molecule has 0 radical (unpaired) electrons. The lowest BCUT2D eigenvalue weighted by Gasteiger charge is -2.29. The van der Waals surface area contributed by atoms with Crippen molar-refractivity contribution in [1.82, 2.24) is 0 Å². The van der Waals surface area contributed by atoms with Gasteiger partial charge in [-0.05, 0) is 25.2 Å². The molecule has 0 aromatic carbocycles. The van der Waals surface area contributed by atoms with Crippen molar-refractivity contribution >= 4 is 5.97 Å². The van der Waals surface area contributed by atoms with Crippen LogP contribution in [0.25, 0.3) is 0 Å². The molecule has 0 aliphatic heterocycles. The number of ether oxygens (including phenoxy) is 1. The normalized spacial score (nSPS) is 36.1.